The number of nitrogens with zero attached hydrogens (tertiary/aromatic N) is 1. The Morgan fingerprint density at radius 2 is 0.843 bits per heavy atom. The maximum atomic E-state index is 6.86. The minimum absolute atomic E-state index is 0.506. The van der Waals surface area contributed by atoms with Crippen LogP contribution in [-0.2, 0) is 5.41 Å². The Hall–Kier alpha value is -8.76. The van der Waals surface area contributed by atoms with Gasteiger partial charge in [-0.25, -0.2) is 0 Å². The van der Waals surface area contributed by atoms with E-state index in [1.165, 1.54) is 70.6 Å². The molecule has 328 valence electrons. The Morgan fingerprint density at radius 3 is 1.51 bits per heavy atom. The van der Waals surface area contributed by atoms with Gasteiger partial charge in [-0.15, -0.1) is 0 Å². The first-order valence-corrected chi connectivity index (χ1v) is 26.3. The van der Waals surface area contributed by atoms with Crippen molar-refractivity contribution in [2.75, 3.05) is 4.90 Å². The van der Waals surface area contributed by atoms with Crippen molar-refractivity contribution in [3.8, 4) is 33.4 Å². The number of furan rings is 1. The maximum absolute atomic E-state index is 6.86. The van der Waals surface area contributed by atoms with E-state index in [2.05, 4.69) is 278 Å². The van der Waals surface area contributed by atoms with Crippen LogP contribution in [0.2, 0.25) is 0 Å². The van der Waals surface area contributed by atoms with E-state index in [1.807, 2.05) is 0 Å². The molecule has 0 spiro atoms. The predicted molar refractivity (Wildman–Crippen MR) is 294 cm³/mol. The molecular weight excluding hydrogens is 863 g/mol. The second kappa shape index (κ2) is 15.9. The van der Waals surface area contributed by atoms with Crippen molar-refractivity contribution in [2.24, 2.45) is 0 Å². The zero-order valence-electron chi connectivity index (χ0n) is 38.3. The summed E-state index contributed by atoms with van der Waals surface area (Å²) in [4.78, 5) is 2.41. The number of fused-ring (bicyclic) bond motifs is 10. The lowest BCUT2D eigenvalue weighted by atomic mass is 9.67. The van der Waals surface area contributed by atoms with Crippen molar-refractivity contribution in [3.63, 3.8) is 0 Å². The van der Waals surface area contributed by atoms with Gasteiger partial charge in [0.05, 0.1) is 5.41 Å². The van der Waals surface area contributed by atoms with Gasteiger partial charge in [-0.05, 0) is 125 Å². The number of anilines is 3. The van der Waals surface area contributed by atoms with E-state index in [4.69, 9.17) is 4.42 Å². The number of hydrogen-bond donors (Lipinski definition) is 0. The molecule has 12 aromatic rings. The topological polar surface area (TPSA) is 16.4 Å². The first kappa shape index (κ1) is 40.3. The van der Waals surface area contributed by atoms with Gasteiger partial charge in [-0.2, -0.15) is 0 Å². The first-order valence-electron chi connectivity index (χ1n) is 24.3. The molecule has 0 radical (unpaired) electrons. The first-order chi connectivity index (χ1) is 34.7. The second-order valence-electron chi connectivity index (χ2n) is 18.6. The van der Waals surface area contributed by atoms with E-state index in [-0.39, 0.29) is 0 Å². The predicted octanol–water partition coefficient (Wildman–Crippen LogP) is 14.4. The van der Waals surface area contributed by atoms with Crippen molar-refractivity contribution < 1.29 is 4.42 Å². The van der Waals surface area contributed by atoms with Crippen LogP contribution in [0.4, 0.5) is 17.1 Å². The molecule has 0 N–H and O–H groups in total. The number of hydrogen-bond acceptors (Lipinski definition) is 2. The van der Waals surface area contributed by atoms with Crippen LogP contribution in [0.3, 0.4) is 0 Å². The summed E-state index contributed by atoms with van der Waals surface area (Å²) >= 11 is 0. The smallest absolute Gasteiger partial charge is 0.180 e. The molecule has 0 fully saturated rings. The Balaban J connectivity index is 0.948. The van der Waals surface area contributed by atoms with E-state index < -0.39 is 13.5 Å². The van der Waals surface area contributed by atoms with Gasteiger partial charge < -0.3 is 9.32 Å². The fourth-order valence-electron chi connectivity index (χ4n) is 12.5. The maximum Gasteiger partial charge on any atom is 0.180 e. The summed E-state index contributed by atoms with van der Waals surface area (Å²) in [6.45, 7) is 0. The van der Waals surface area contributed by atoms with Crippen LogP contribution in [0.25, 0.3) is 55.3 Å². The zero-order valence-corrected chi connectivity index (χ0v) is 39.3. The highest BCUT2D eigenvalue weighted by molar-refractivity contribution is 7.22. The molecule has 0 saturated heterocycles. The molecule has 14 rings (SSSR count). The van der Waals surface area contributed by atoms with Gasteiger partial charge in [0.25, 0.3) is 0 Å². The third-order valence-corrected chi connectivity index (χ3v) is 20.1. The molecule has 2 nitrogen and oxygen atoms in total. The fourth-order valence-corrected chi connectivity index (χ4v) is 17.6. The lowest BCUT2D eigenvalue weighted by Crippen LogP contribution is -2.72. The molecule has 0 amide bonds. The molecule has 11 aromatic carbocycles. The van der Waals surface area contributed by atoms with E-state index in [0.29, 0.717) is 0 Å². The Kier molecular flexibility index (Phi) is 9.17. The van der Waals surface area contributed by atoms with Gasteiger partial charge in [0.15, 0.2) is 8.07 Å². The van der Waals surface area contributed by atoms with E-state index in [0.717, 1.165) is 44.7 Å². The van der Waals surface area contributed by atoms with Crippen LogP contribution in [0, 0.1) is 0 Å². The lowest BCUT2D eigenvalue weighted by molar-refractivity contribution is 0.669. The monoisotopic (exact) mass is 907 g/mol. The van der Waals surface area contributed by atoms with Gasteiger partial charge >= 0.3 is 0 Å². The molecule has 1 aliphatic carbocycles. The van der Waals surface area contributed by atoms with E-state index in [1.54, 1.807) is 0 Å². The van der Waals surface area contributed by atoms with E-state index in [9.17, 15) is 0 Å². The van der Waals surface area contributed by atoms with Crippen LogP contribution < -0.4 is 25.6 Å². The molecule has 0 atom stereocenters. The Bertz CT molecular complexity index is 3840. The highest BCUT2D eigenvalue weighted by Gasteiger charge is 2.50. The summed E-state index contributed by atoms with van der Waals surface area (Å²) in [5.74, 6) is 0. The average Bonchev–Trinajstić information content (AvgIpc) is 4.08. The molecule has 2 heterocycles. The van der Waals surface area contributed by atoms with Crippen molar-refractivity contribution in [1.29, 1.82) is 0 Å². The van der Waals surface area contributed by atoms with Crippen molar-refractivity contribution >= 4 is 67.8 Å². The van der Waals surface area contributed by atoms with Crippen molar-refractivity contribution in [1.82, 2.24) is 0 Å². The minimum Gasteiger partial charge on any atom is -0.456 e. The third kappa shape index (κ3) is 5.73. The molecule has 0 bridgehead atoms. The van der Waals surface area contributed by atoms with Crippen molar-refractivity contribution in [2.45, 2.75) is 5.41 Å². The zero-order chi connectivity index (χ0) is 46.2. The minimum atomic E-state index is -2.71. The molecule has 0 saturated carbocycles. The van der Waals surface area contributed by atoms with Crippen LogP contribution in [0.1, 0.15) is 22.3 Å². The highest BCUT2D eigenvalue weighted by Crippen LogP contribution is 2.57. The normalized spacial score (nSPS) is 13.7. The number of para-hydroxylation sites is 1. The molecule has 70 heavy (non-hydrogen) atoms. The van der Waals surface area contributed by atoms with Crippen molar-refractivity contribution in [3.05, 3.63) is 295 Å². The standard InChI is InChI=1S/C67H45NOSi/c1-6-21-47(22-7-1)67(48-23-8-2-9-24-48)58-34-18-16-31-55(58)56-42-41-51(45-59(56)67)68(49-25-10-3-11-26-49)50-39-37-46(38-40-50)54-33-20-35-60-64(54)66-61(69-60)43-44-63-65(66)57-32-17-19-36-62(57)70(63,52-27-12-4-13-28-52)53-29-14-5-15-30-53/h1-45H. The van der Waals surface area contributed by atoms with Crippen LogP contribution >= 0.6 is 0 Å². The third-order valence-electron chi connectivity index (χ3n) is 15.2. The largest absolute Gasteiger partial charge is 0.456 e. The van der Waals surface area contributed by atoms with Crippen LogP contribution in [-0.4, -0.2) is 8.07 Å². The molecule has 0 unspecified atom stereocenters. The average molecular weight is 908 g/mol. The fraction of sp³-hybridized carbons (Fsp3) is 0.0149. The van der Waals surface area contributed by atoms with Gasteiger partial charge in [0, 0.05) is 27.8 Å². The summed E-state index contributed by atoms with van der Waals surface area (Å²) in [7, 11) is -2.71. The van der Waals surface area contributed by atoms with E-state index >= 15 is 0 Å². The molecule has 2 aliphatic rings. The summed E-state index contributed by atoms with van der Waals surface area (Å²) in [5.41, 5.74) is 17.1. The van der Waals surface area contributed by atoms with Gasteiger partial charge in [0.1, 0.15) is 11.2 Å². The van der Waals surface area contributed by atoms with Gasteiger partial charge in [-0.1, -0.05) is 224 Å². The van der Waals surface area contributed by atoms with Gasteiger partial charge in [0.2, 0.25) is 0 Å². The summed E-state index contributed by atoms with van der Waals surface area (Å²) < 4.78 is 6.86. The molecule has 1 aliphatic heterocycles. The Morgan fingerprint density at radius 1 is 0.329 bits per heavy atom. The molecular formula is C67H45NOSi. The number of benzene rings is 11. The second-order valence-corrected chi connectivity index (χ2v) is 22.4. The quantitative estimate of drug-likeness (QED) is 0.141. The lowest BCUT2D eigenvalue weighted by Gasteiger charge is -2.35. The number of rotatable bonds is 8. The highest BCUT2D eigenvalue weighted by atomic mass is 28.3. The van der Waals surface area contributed by atoms with Gasteiger partial charge in [-0.3, -0.25) is 0 Å². The summed E-state index contributed by atoms with van der Waals surface area (Å²) in [5, 5.41) is 7.94. The summed E-state index contributed by atoms with van der Waals surface area (Å²) in [6.07, 6.45) is 0. The SMILES string of the molecule is c1ccc(N(c2ccc(-c3cccc4oc5ccc6c(c5c34)-c3ccccc3[Si]6(c3ccccc3)c3ccccc3)cc2)c2ccc3c(c2)C(c2ccccc2)(c2ccccc2)c2ccccc2-3)cc1. The van der Waals surface area contributed by atoms with Crippen LogP contribution in [0.5, 0.6) is 0 Å². The summed E-state index contributed by atoms with van der Waals surface area (Å²) in [6, 6.07) is 101. The Labute approximate surface area is 409 Å². The molecule has 1 aromatic heterocycles. The molecule has 3 heteroatoms. The van der Waals surface area contributed by atoms with Crippen LogP contribution in [0.15, 0.2) is 277 Å².